The van der Waals surface area contributed by atoms with Gasteiger partial charge >= 0.3 is 0 Å². The highest BCUT2D eigenvalue weighted by atomic mass is 16.5. The maximum absolute atomic E-state index is 15.1. The lowest BCUT2D eigenvalue weighted by Crippen LogP contribution is -2.53. The highest BCUT2D eigenvalue weighted by Crippen LogP contribution is 2.77. The third-order valence-corrected chi connectivity index (χ3v) is 18.9. The highest BCUT2D eigenvalue weighted by molar-refractivity contribution is 5.82. The summed E-state index contributed by atoms with van der Waals surface area (Å²) in [6.07, 6.45) is 10.1. The predicted molar refractivity (Wildman–Crippen MR) is 270 cm³/mol. The Hall–Kier alpha value is -6.63. The van der Waals surface area contributed by atoms with Crippen LogP contribution < -0.4 is 15.2 Å². The number of aromatic nitrogens is 1. The van der Waals surface area contributed by atoms with Crippen molar-refractivity contribution < 1.29 is 50.0 Å². The molecule has 13 rings (SSSR count). The van der Waals surface area contributed by atoms with E-state index in [-0.39, 0.29) is 107 Å². The van der Waals surface area contributed by atoms with Crippen LogP contribution in [0.1, 0.15) is 121 Å². The summed E-state index contributed by atoms with van der Waals surface area (Å²) in [6, 6.07) is 29.4. The van der Waals surface area contributed by atoms with Gasteiger partial charge in [-0.1, -0.05) is 61.4 Å². The maximum atomic E-state index is 15.1. The average Bonchev–Trinajstić information content (AvgIpc) is 4.09. The van der Waals surface area contributed by atoms with E-state index in [1.165, 1.54) is 47.4 Å². The van der Waals surface area contributed by atoms with E-state index in [0.717, 1.165) is 42.4 Å². The lowest BCUT2D eigenvalue weighted by atomic mass is 9.47. The molecular formula is C60H64N2O10. The number of benzene rings is 5. The van der Waals surface area contributed by atoms with E-state index >= 15 is 4.79 Å². The van der Waals surface area contributed by atoms with Crippen LogP contribution in [0.25, 0.3) is 11.3 Å². The van der Waals surface area contributed by atoms with E-state index in [9.17, 15) is 35.7 Å². The van der Waals surface area contributed by atoms with Crippen molar-refractivity contribution in [2.24, 2.45) is 40.7 Å². The van der Waals surface area contributed by atoms with E-state index in [4.69, 9.17) is 15.2 Å². The van der Waals surface area contributed by atoms with Gasteiger partial charge in [0.25, 0.3) is 0 Å². The monoisotopic (exact) mass is 972 g/mol. The number of fused-ring (bicyclic) bond motifs is 9. The Morgan fingerprint density at radius 2 is 1.57 bits per heavy atom. The molecule has 374 valence electrons. The first-order chi connectivity index (χ1) is 34.9. The molecule has 4 fully saturated rings. The molecule has 72 heavy (non-hydrogen) atoms. The first-order valence-corrected chi connectivity index (χ1v) is 26.0. The van der Waals surface area contributed by atoms with E-state index in [0.29, 0.717) is 43.2 Å². The zero-order valence-corrected chi connectivity index (χ0v) is 40.3. The third-order valence-electron chi connectivity index (χ3n) is 18.9. The van der Waals surface area contributed by atoms with Crippen molar-refractivity contribution in [3.8, 4) is 57.3 Å². The van der Waals surface area contributed by atoms with Crippen LogP contribution >= 0.6 is 0 Å². The van der Waals surface area contributed by atoms with E-state index < -0.39 is 29.3 Å². The van der Waals surface area contributed by atoms with Crippen LogP contribution in [0.3, 0.4) is 0 Å². The van der Waals surface area contributed by atoms with Crippen LogP contribution in [0.2, 0.25) is 0 Å². The molecule has 10 unspecified atom stereocenters. The van der Waals surface area contributed by atoms with Crippen LogP contribution in [0.4, 0.5) is 0 Å². The van der Waals surface area contributed by atoms with Crippen LogP contribution in [-0.2, 0) is 29.7 Å². The zero-order valence-electron chi connectivity index (χ0n) is 40.3. The number of aryl methyl sites for hydroxylation is 1. The van der Waals surface area contributed by atoms with Gasteiger partial charge in [0, 0.05) is 52.8 Å². The maximum Gasteiger partial charge on any atom is 0.200 e. The molecule has 1 aromatic heterocycles. The first kappa shape index (κ1) is 46.4. The van der Waals surface area contributed by atoms with Crippen molar-refractivity contribution in [2.75, 3.05) is 6.73 Å². The summed E-state index contributed by atoms with van der Waals surface area (Å²) in [4.78, 5) is 18.8. The summed E-state index contributed by atoms with van der Waals surface area (Å²) in [7, 11) is 0. The van der Waals surface area contributed by atoms with E-state index in [1.807, 2.05) is 6.07 Å². The molecular weight excluding hydrogens is 909 g/mol. The Morgan fingerprint density at radius 1 is 0.750 bits per heavy atom. The Kier molecular flexibility index (Phi) is 11.5. The number of ether oxygens (including phenoxy) is 2. The van der Waals surface area contributed by atoms with Gasteiger partial charge in [-0.15, -0.1) is 0 Å². The van der Waals surface area contributed by atoms with Crippen LogP contribution in [-0.4, -0.2) is 59.3 Å². The smallest absolute Gasteiger partial charge is 0.200 e. The molecule has 10 N–H and O–H groups in total. The van der Waals surface area contributed by atoms with Gasteiger partial charge in [0.2, 0.25) is 5.75 Å². The molecule has 0 amide bonds. The molecule has 7 aliphatic carbocycles. The molecule has 7 aliphatic rings. The quantitative estimate of drug-likeness (QED) is 0.0415. The number of aromatic amines is 1. The number of nitrogens with one attached hydrogen (secondary N) is 1. The van der Waals surface area contributed by atoms with Crippen LogP contribution in [0.15, 0.2) is 103 Å². The molecule has 0 radical (unpaired) electrons. The minimum atomic E-state index is -1.09. The number of carbonyl (C=O) groups is 1. The molecule has 2 bridgehead atoms. The molecule has 6 aromatic rings. The van der Waals surface area contributed by atoms with Crippen molar-refractivity contribution >= 4 is 5.78 Å². The van der Waals surface area contributed by atoms with Crippen molar-refractivity contribution in [1.82, 2.24) is 4.98 Å². The van der Waals surface area contributed by atoms with E-state index in [1.54, 1.807) is 48.5 Å². The number of hydrogen-bond donors (Lipinski definition) is 9. The number of ketones is 1. The standard InChI is InChI=1S/C60H64N2O10/c61-31-72-50-23-32(11-15-47(50)66)10-14-46(65)42-25-35(24-34-12-13-38(64)28-48(34)67)41-26-36-27-45(60-20-19-59(17-3-4-18-59)58(60)40-16-21-62-54(40)39-8-1-2-9-44(39)60)52(53(41)55(42)69)43-29-49(68)56(70)57(51(36)43)71-30-33-6-5-7-37(63)22-33/h1-2,5-9,11-13,15-16,21-23,28-29,35-36,41-42,45,52-53,55,58,62-64,66-70H,3-4,10,14,17-20,24-27,30-31,61H2. The summed E-state index contributed by atoms with van der Waals surface area (Å²) in [5, 5.41) is 80.1. The lowest BCUT2D eigenvalue weighted by molar-refractivity contribution is -0.136. The number of hydrogen-bond acceptors (Lipinski definition) is 11. The second-order valence-corrected chi connectivity index (χ2v) is 22.2. The summed E-state index contributed by atoms with van der Waals surface area (Å²) in [5.74, 6) is -2.56. The number of aromatic hydroxyl groups is 6. The van der Waals surface area contributed by atoms with Gasteiger partial charge in [0.15, 0.2) is 23.0 Å². The van der Waals surface area contributed by atoms with Gasteiger partial charge in [-0.2, -0.15) is 0 Å². The molecule has 4 saturated carbocycles. The zero-order chi connectivity index (χ0) is 49.6. The largest absolute Gasteiger partial charge is 0.508 e. The highest BCUT2D eigenvalue weighted by Gasteiger charge is 2.68. The molecule has 0 saturated heterocycles. The van der Waals surface area contributed by atoms with Gasteiger partial charge < -0.3 is 50.2 Å². The van der Waals surface area contributed by atoms with E-state index in [2.05, 4.69) is 41.5 Å². The molecule has 10 atom stereocenters. The average molecular weight is 973 g/mol. The Bertz CT molecular complexity index is 3070. The fourth-order valence-corrected chi connectivity index (χ4v) is 16.3. The SMILES string of the molecule is NCOc1cc(CCC(=O)C2CC(Cc3ccc(O)cc3O)C3CC4CC(C56CCC7(CCCC7)C5c5cc[nH]c5-c5ccccc56)C(c5cc(O)c(O)c(OCc6cccc(O)c6)c54)C3C2O)ccc1O. The minimum Gasteiger partial charge on any atom is -0.508 e. The second kappa shape index (κ2) is 17.8. The predicted octanol–water partition coefficient (Wildman–Crippen LogP) is 10.4. The summed E-state index contributed by atoms with van der Waals surface area (Å²) >= 11 is 0. The van der Waals surface area contributed by atoms with Crippen LogP contribution in [0.5, 0.6) is 46.0 Å². The number of aliphatic hydroxyl groups excluding tert-OH is 1. The molecule has 0 aliphatic heterocycles. The third kappa shape index (κ3) is 7.33. The number of phenolic OH excluding ortho intramolecular Hbond substituents is 6. The number of Topliss-reactive ketones (excluding diaryl/α,β-unsaturated/α-hetero) is 1. The molecule has 12 heteroatoms. The normalized spacial score (nSPS) is 28.3. The number of nitrogens with two attached hydrogens (primary N) is 1. The first-order valence-electron chi connectivity index (χ1n) is 26.0. The summed E-state index contributed by atoms with van der Waals surface area (Å²) in [5.41, 5.74) is 14.1. The molecule has 12 nitrogen and oxygen atoms in total. The topological polar surface area (TPSA) is 219 Å². The number of aliphatic hydroxyl groups is 1. The summed E-state index contributed by atoms with van der Waals surface area (Å²) < 4.78 is 12.1. The lowest BCUT2D eigenvalue weighted by Gasteiger charge is -2.56. The van der Waals surface area contributed by atoms with Crippen LogP contribution in [0, 0.1) is 35.0 Å². The fraction of sp³-hybridized carbons (Fsp3) is 0.417. The fourth-order valence-electron chi connectivity index (χ4n) is 16.3. The number of phenols is 6. The van der Waals surface area contributed by atoms with Crippen molar-refractivity contribution in [2.45, 2.75) is 113 Å². The Morgan fingerprint density at radius 3 is 2.38 bits per heavy atom. The van der Waals surface area contributed by atoms with Gasteiger partial charge in [-0.25, -0.2) is 0 Å². The van der Waals surface area contributed by atoms with Crippen molar-refractivity contribution in [3.05, 3.63) is 142 Å². The van der Waals surface area contributed by atoms with Gasteiger partial charge in [0.1, 0.15) is 36.4 Å². The van der Waals surface area contributed by atoms with Crippen molar-refractivity contribution in [3.63, 3.8) is 0 Å². The van der Waals surface area contributed by atoms with Gasteiger partial charge in [-0.3, -0.25) is 10.5 Å². The van der Waals surface area contributed by atoms with Crippen molar-refractivity contribution in [1.29, 1.82) is 0 Å². The van der Waals surface area contributed by atoms with Gasteiger partial charge in [-0.05, 0) is 175 Å². The molecule has 5 aromatic carbocycles. The number of rotatable bonds is 12. The number of H-pyrrole nitrogens is 1. The minimum absolute atomic E-state index is 0.0204. The Labute approximate surface area is 419 Å². The Balaban J connectivity index is 1.04. The summed E-state index contributed by atoms with van der Waals surface area (Å²) in [6.45, 7) is -0.104. The molecule has 1 heterocycles. The molecule has 1 spiro atoms. The van der Waals surface area contributed by atoms with Gasteiger partial charge in [0.05, 0.1) is 6.10 Å². The number of carbonyl (C=O) groups excluding carboxylic acids is 1. The second-order valence-electron chi connectivity index (χ2n) is 22.2.